The Kier molecular flexibility index (Phi) is 7.97. The molecule has 212 valence electrons. The summed E-state index contributed by atoms with van der Waals surface area (Å²) < 4.78 is 38.2. The molecule has 40 heavy (non-hydrogen) atoms. The molecule has 0 atom stereocenters. The van der Waals surface area contributed by atoms with Crippen LogP contribution in [-0.4, -0.2) is 55.4 Å². The van der Waals surface area contributed by atoms with Crippen LogP contribution in [0, 0.1) is 0 Å². The number of rotatable bonds is 9. The van der Waals surface area contributed by atoms with Gasteiger partial charge in [0.2, 0.25) is 0 Å². The van der Waals surface area contributed by atoms with Crippen molar-refractivity contribution in [3.8, 4) is 0 Å². The number of fused-ring (bicyclic) bond motifs is 2. The van der Waals surface area contributed by atoms with Crippen LogP contribution in [0.1, 0.15) is 40.7 Å². The number of nitrogens with zero attached hydrogens (tertiary/aromatic N) is 5. The van der Waals surface area contributed by atoms with Crippen LogP contribution in [0.25, 0.3) is 0 Å². The van der Waals surface area contributed by atoms with Crippen LogP contribution in [0.5, 0.6) is 0 Å². The monoisotopic (exact) mass is 565 g/mol. The number of amidine groups is 1. The lowest BCUT2D eigenvalue weighted by atomic mass is 9.99. The van der Waals surface area contributed by atoms with Gasteiger partial charge in [-0.25, -0.2) is 9.10 Å². The lowest BCUT2D eigenvalue weighted by Crippen LogP contribution is -2.40. The van der Waals surface area contributed by atoms with Crippen molar-refractivity contribution in [1.29, 1.82) is 0 Å². The number of likely N-dealkylation sites (N-methyl/N-ethyl adjacent to an activating group) is 1. The van der Waals surface area contributed by atoms with E-state index >= 15 is 0 Å². The fourth-order valence-corrected chi connectivity index (χ4v) is 6.35. The Bertz CT molecular complexity index is 1490. The molecular formula is C28H33N6O5S-. The highest BCUT2D eigenvalue weighted by molar-refractivity contribution is 7.91. The normalized spacial score (nSPS) is 14.5. The molecule has 0 saturated carbocycles. The molecule has 0 saturated heterocycles. The lowest BCUT2D eigenvalue weighted by Gasteiger charge is -2.25. The van der Waals surface area contributed by atoms with Crippen LogP contribution in [0.3, 0.4) is 0 Å². The molecule has 5 rings (SSSR count). The van der Waals surface area contributed by atoms with Crippen LogP contribution in [0.4, 0.5) is 16.2 Å². The average Bonchev–Trinajstić information content (AvgIpc) is 3.68. The molecule has 3 aromatic rings. The van der Waals surface area contributed by atoms with Gasteiger partial charge in [-0.05, 0) is 66.3 Å². The first-order valence-electron chi connectivity index (χ1n) is 13.3. The predicted molar refractivity (Wildman–Crippen MR) is 150 cm³/mol. The summed E-state index contributed by atoms with van der Waals surface area (Å²) in [6, 6.07) is 10.5. The Morgan fingerprint density at radius 2 is 1.77 bits per heavy atom. The molecule has 1 amide bonds. The second-order valence-corrected chi connectivity index (χ2v) is 11.7. The van der Waals surface area contributed by atoms with Gasteiger partial charge >= 0.3 is 16.3 Å². The molecule has 1 aromatic heterocycles. The molecular weight excluding hydrogens is 532 g/mol. The molecule has 0 bridgehead atoms. The van der Waals surface area contributed by atoms with Crippen molar-refractivity contribution < 1.29 is 23.1 Å². The zero-order chi connectivity index (χ0) is 28.3. The van der Waals surface area contributed by atoms with Crippen molar-refractivity contribution in [3.63, 3.8) is 0 Å². The molecule has 0 spiro atoms. The number of hydrogen-bond donors (Lipinski definition) is 1. The van der Waals surface area contributed by atoms with Gasteiger partial charge in [-0.2, -0.15) is 13.5 Å². The summed E-state index contributed by atoms with van der Waals surface area (Å²) in [7, 11) is -1.30. The van der Waals surface area contributed by atoms with Gasteiger partial charge in [0, 0.05) is 32.5 Å². The summed E-state index contributed by atoms with van der Waals surface area (Å²) >= 11 is 0. The van der Waals surface area contributed by atoms with Crippen molar-refractivity contribution >= 4 is 33.7 Å². The third-order valence-corrected chi connectivity index (χ3v) is 8.66. The minimum Gasteiger partial charge on any atom is -0.845 e. The molecule has 2 aliphatic carbocycles. The predicted octanol–water partition coefficient (Wildman–Crippen LogP) is 2.55. The van der Waals surface area contributed by atoms with Crippen molar-refractivity contribution in [2.24, 2.45) is 11.4 Å². The number of carbonyl (C=O) groups is 1. The Hall–Kier alpha value is -4.06. The topological polar surface area (TPSA) is 132 Å². The number of amides is 1. The molecule has 1 heterocycles. The van der Waals surface area contributed by atoms with Crippen molar-refractivity contribution in [2.45, 2.75) is 45.1 Å². The quantitative estimate of drug-likeness (QED) is 0.312. The zero-order valence-electron chi connectivity index (χ0n) is 22.7. The summed E-state index contributed by atoms with van der Waals surface area (Å²) in [4.78, 5) is 13.8. The Balaban J connectivity index is 1.32. The van der Waals surface area contributed by atoms with E-state index in [9.17, 15) is 18.3 Å². The van der Waals surface area contributed by atoms with Gasteiger partial charge in [0.25, 0.3) is 0 Å². The smallest absolute Gasteiger partial charge is 0.409 e. The van der Waals surface area contributed by atoms with E-state index in [4.69, 9.17) is 4.74 Å². The molecule has 0 fully saturated rings. The number of carbonyl (C=O) groups excluding carboxylic acids is 1. The number of nitrogens with one attached hydrogen (secondary N) is 1. The third-order valence-electron chi connectivity index (χ3n) is 7.32. The number of benzene rings is 2. The van der Waals surface area contributed by atoms with E-state index in [0.717, 1.165) is 65.2 Å². The zero-order valence-corrected chi connectivity index (χ0v) is 23.5. The van der Waals surface area contributed by atoms with Crippen LogP contribution in [-0.2, 0) is 54.3 Å². The van der Waals surface area contributed by atoms with Gasteiger partial charge in [-0.1, -0.05) is 36.4 Å². The van der Waals surface area contributed by atoms with Crippen molar-refractivity contribution in [2.75, 3.05) is 29.8 Å². The molecule has 2 aromatic carbocycles. The molecule has 11 nitrogen and oxygen atoms in total. The Morgan fingerprint density at radius 3 is 2.40 bits per heavy atom. The van der Waals surface area contributed by atoms with E-state index in [-0.39, 0.29) is 25.4 Å². The van der Waals surface area contributed by atoms with Crippen LogP contribution < -0.4 is 14.7 Å². The minimum absolute atomic E-state index is 0.00140. The largest absolute Gasteiger partial charge is 0.845 e. The fourth-order valence-electron chi connectivity index (χ4n) is 5.33. The standard InChI is InChI=1S/C28H34N6O5S/c1-32(28(36)39-19-20-8-4-3-5-9-20)14-15-34(23-17-29-33(2)18-23)40(37,38)31-27(35)30-26-24-12-6-10-21(24)16-22-11-7-13-25(22)26/h3-5,8-9,16-18H,6-7,10-15,19H2,1-2H3,(H2,30,31,35)/p-1. The van der Waals surface area contributed by atoms with Crippen LogP contribution in [0.15, 0.2) is 53.2 Å². The highest BCUT2D eigenvalue weighted by atomic mass is 32.2. The maximum atomic E-state index is 13.4. The van der Waals surface area contributed by atoms with Gasteiger partial charge in [0.1, 0.15) is 6.61 Å². The third kappa shape index (κ3) is 6.06. The summed E-state index contributed by atoms with van der Waals surface area (Å²) in [6.07, 6.45) is 7.89. The number of hydrogen-bond acceptors (Lipinski definition) is 6. The summed E-state index contributed by atoms with van der Waals surface area (Å²) in [5, 5.41) is 19.9. The van der Waals surface area contributed by atoms with Crippen molar-refractivity contribution in [3.05, 3.63) is 76.6 Å². The summed E-state index contributed by atoms with van der Waals surface area (Å²) in [5.41, 5.74) is 6.40. The first kappa shape index (κ1) is 27.5. The van der Waals surface area contributed by atoms with E-state index in [1.807, 2.05) is 30.3 Å². The maximum Gasteiger partial charge on any atom is 0.409 e. The first-order chi connectivity index (χ1) is 19.2. The van der Waals surface area contributed by atoms with E-state index in [1.165, 1.54) is 40.1 Å². The van der Waals surface area contributed by atoms with E-state index < -0.39 is 22.3 Å². The fraction of sp³-hybridized carbons (Fsp3) is 0.393. The molecule has 0 radical (unpaired) electrons. The highest BCUT2D eigenvalue weighted by Crippen LogP contribution is 2.38. The number of aromatic nitrogens is 2. The van der Waals surface area contributed by atoms with E-state index in [2.05, 4.69) is 20.9 Å². The second-order valence-electron chi connectivity index (χ2n) is 10.1. The summed E-state index contributed by atoms with van der Waals surface area (Å²) in [5.74, 6) is 0. The van der Waals surface area contributed by atoms with Gasteiger partial charge in [-0.3, -0.25) is 4.68 Å². The molecule has 1 N–H and O–H groups in total. The Labute approximate surface area is 234 Å². The molecule has 2 aliphatic rings. The highest BCUT2D eigenvalue weighted by Gasteiger charge is 2.26. The molecule has 0 aliphatic heterocycles. The number of anilines is 2. The molecule has 0 unspecified atom stereocenters. The minimum atomic E-state index is -4.47. The first-order valence-corrected chi connectivity index (χ1v) is 14.7. The Morgan fingerprint density at radius 1 is 1.10 bits per heavy atom. The average molecular weight is 566 g/mol. The SMILES string of the molecule is CN(CCN(c1cnn(C)c1)S(=O)(=O)/N=C(\[O-])Nc1c2c(cc3c1CCC3)CCC2)C(=O)OCc1ccccc1. The van der Waals surface area contributed by atoms with Gasteiger partial charge in [0.05, 0.1) is 24.5 Å². The van der Waals surface area contributed by atoms with Crippen LogP contribution >= 0.6 is 0 Å². The van der Waals surface area contributed by atoms with Gasteiger partial charge < -0.3 is 20.1 Å². The van der Waals surface area contributed by atoms with Crippen molar-refractivity contribution in [1.82, 2.24) is 14.7 Å². The van der Waals surface area contributed by atoms with E-state index in [1.54, 1.807) is 7.05 Å². The second kappa shape index (κ2) is 11.6. The van der Waals surface area contributed by atoms with Gasteiger partial charge in [-0.15, -0.1) is 4.40 Å². The van der Waals surface area contributed by atoms with Gasteiger partial charge in [0.15, 0.2) is 0 Å². The number of aryl methyl sites for hydroxylation is 3. The maximum absolute atomic E-state index is 13.4. The van der Waals surface area contributed by atoms with E-state index in [0.29, 0.717) is 0 Å². The number of ether oxygens (including phenoxy) is 1. The van der Waals surface area contributed by atoms with Crippen LogP contribution in [0.2, 0.25) is 0 Å². The molecule has 12 heteroatoms. The summed E-state index contributed by atoms with van der Waals surface area (Å²) in [6.45, 7) is -0.0620. The lowest BCUT2D eigenvalue weighted by molar-refractivity contribution is -0.213.